The van der Waals surface area contributed by atoms with E-state index in [4.69, 9.17) is 4.74 Å². The third kappa shape index (κ3) is 4.18. The lowest BCUT2D eigenvalue weighted by molar-refractivity contribution is -0.0512. The Hall–Kier alpha value is -2.70. The van der Waals surface area contributed by atoms with E-state index < -0.39 is 24.4 Å². The van der Waals surface area contributed by atoms with Crippen molar-refractivity contribution in [3.8, 4) is 11.5 Å². The summed E-state index contributed by atoms with van der Waals surface area (Å²) in [6.07, 6.45) is 0. The van der Waals surface area contributed by atoms with Crippen LogP contribution in [0.15, 0.2) is 42.5 Å². The van der Waals surface area contributed by atoms with Gasteiger partial charge in [-0.3, -0.25) is 4.79 Å². The fourth-order valence-corrected chi connectivity index (χ4v) is 2.19. The van der Waals surface area contributed by atoms with Gasteiger partial charge in [0, 0.05) is 11.1 Å². The lowest BCUT2D eigenvalue weighted by Crippen LogP contribution is -2.27. The minimum absolute atomic E-state index is 0.00138. The van der Waals surface area contributed by atoms with Crippen molar-refractivity contribution < 1.29 is 27.4 Å². The van der Waals surface area contributed by atoms with Crippen molar-refractivity contribution in [2.24, 2.45) is 0 Å². The summed E-state index contributed by atoms with van der Waals surface area (Å²) in [6, 6.07) is 9.35. The summed E-state index contributed by atoms with van der Waals surface area (Å²) in [5, 5.41) is 2.64. The lowest BCUT2D eigenvalue weighted by Gasteiger charge is -2.16. The minimum atomic E-state index is -3.00. The minimum Gasteiger partial charge on any atom is -0.493 e. The maximum absolute atomic E-state index is 13.7. The molecule has 0 saturated carbocycles. The van der Waals surface area contributed by atoms with Crippen LogP contribution in [0.2, 0.25) is 0 Å². The molecule has 2 aromatic carbocycles. The summed E-state index contributed by atoms with van der Waals surface area (Å²) in [6.45, 7) is -1.36. The van der Waals surface area contributed by atoms with Crippen LogP contribution in [0.3, 0.4) is 0 Å². The number of methoxy groups -OCH3 is 1. The molecule has 0 aromatic heterocycles. The average Bonchev–Trinajstić information content (AvgIpc) is 2.54. The molecule has 0 aliphatic rings. The highest BCUT2D eigenvalue weighted by molar-refractivity contribution is 5.95. The SMILES string of the molecule is COc1cc(C(=O)NC(C)c2ccccc2F)ccc1OC(F)F. The number of hydrogen-bond donors (Lipinski definition) is 1. The summed E-state index contributed by atoms with van der Waals surface area (Å²) in [4.78, 5) is 12.3. The number of halogens is 3. The first-order valence-corrected chi connectivity index (χ1v) is 7.10. The molecule has 0 heterocycles. The fourth-order valence-electron chi connectivity index (χ4n) is 2.19. The Bertz CT molecular complexity index is 722. The molecule has 0 bridgehead atoms. The van der Waals surface area contributed by atoms with Crippen LogP contribution in [-0.4, -0.2) is 19.6 Å². The van der Waals surface area contributed by atoms with E-state index in [0.29, 0.717) is 5.56 Å². The van der Waals surface area contributed by atoms with Gasteiger partial charge in [0.1, 0.15) is 5.82 Å². The van der Waals surface area contributed by atoms with E-state index >= 15 is 0 Å². The molecule has 0 radical (unpaired) electrons. The first-order valence-electron chi connectivity index (χ1n) is 7.10. The molecule has 0 aliphatic carbocycles. The normalized spacial score (nSPS) is 11.9. The second-order valence-electron chi connectivity index (χ2n) is 4.96. The molecule has 0 spiro atoms. The molecule has 1 N–H and O–H groups in total. The van der Waals surface area contributed by atoms with E-state index in [1.54, 1.807) is 25.1 Å². The van der Waals surface area contributed by atoms with Gasteiger partial charge in [-0.1, -0.05) is 18.2 Å². The van der Waals surface area contributed by atoms with Gasteiger partial charge in [0.15, 0.2) is 11.5 Å². The van der Waals surface area contributed by atoms with Gasteiger partial charge >= 0.3 is 6.61 Å². The van der Waals surface area contributed by atoms with E-state index in [0.717, 1.165) is 0 Å². The number of ether oxygens (including phenoxy) is 2. The van der Waals surface area contributed by atoms with E-state index in [2.05, 4.69) is 10.1 Å². The average molecular weight is 339 g/mol. The highest BCUT2D eigenvalue weighted by Gasteiger charge is 2.17. The van der Waals surface area contributed by atoms with Crippen LogP contribution in [-0.2, 0) is 0 Å². The number of carbonyl (C=O) groups excluding carboxylic acids is 1. The van der Waals surface area contributed by atoms with Crippen molar-refractivity contribution in [2.45, 2.75) is 19.6 Å². The number of amides is 1. The maximum Gasteiger partial charge on any atom is 0.387 e. The van der Waals surface area contributed by atoms with Gasteiger partial charge in [0.25, 0.3) is 5.91 Å². The molecule has 0 aliphatic heterocycles. The van der Waals surface area contributed by atoms with Gasteiger partial charge < -0.3 is 14.8 Å². The van der Waals surface area contributed by atoms with Crippen molar-refractivity contribution in [2.75, 3.05) is 7.11 Å². The molecule has 7 heteroatoms. The Morgan fingerprint density at radius 2 is 1.83 bits per heavy atom. The highest BCUT2D eigenvalue weighted by atomic mass is 19.3. The first-order chi connectivity index (χ1) is 11.4. The number of rotatable bonds is 6. The predicted molar refractivity (Wildman–Crippen MR) is 81.9 cm³/mol. The first kappa shape index (κ1) is 17.7. The quantitative estimate of drug-likeness (QED) is 0.867. The Labute approximate surface area is 137 Å². The van der Waals surface area contributed by atoms with Gasteiger partial charge in [0.2, 0.25) is 0 Å². The van der Waals surface area contributed by atoms with Crippen LogP contribution in [0.25, 0.3) is 0 Å². The Kier molecular flexibility index (Phi) is 5.68. The second-order valence-corrected chi connectivity index (χ2v) is 4.96. The summed E-state index contributed by atoms with van der Waals surface area (Å²) >= 11 is 0. The lowest BCUT2D eigenvalue weighted by atomic mass is 10.1. The third-order valence-electron chi connectivity index (χ3n) is 3.36. The van der Waals surface area contributed by atoms with Crippen LogP contribution in [0.5, 0.6) is 11.5 Å². The molecule has 1 amide bonds. The molecule has 2 rings (SSSR count). The third-order valence-corrected chi connectivity index (χ3v) is 3.36. The smallest absolute Gasteiger partial charge is 0.387 e. The van der Waals surface area contributed by atoms with Gasteiger partial charge in [-0.05, 0) is 31.2 Å². The van der Waals surface area contributed by atoms with Crippen LogP contribution >= 0.6 is 0 Å². The van der Waals surface area contributed by atoms with Gasteiger partial charge in [-0.15, -0.1) is 0 Å². The molecular weight excluding hydrogens is 323 g/mol. The van der Waals surface area contributed by atoms with Crippen LogP contribution in [0.1, 0.15) is 28.9 Å². The summed E-state index contributed by atoms with van der Waals surface area (Å²) in [7, 11) is 1.28. The monoisotopic (exact) mass is 339 g/mol. The molecule has 24 heavy (non-hydrogen) atoms. The van der Waals surface area contributed by atoms with Gasteiger partial charge in [-0.2, -0.15) is 8.78 Å². The van der Waals surface area contributed by atoms with Crippen LogP contribution in [0, 0.1) is 5.82 Å². The standard InChI is InChI=1S/C17H16F3NO3/c1-10(12-5-3-4-6-13(12)18)21-16(22)11-7-8-14(24-17(19)20)15(9-11)23-2/h3-10,17H,1-2H3,(H,21,22). The molecular formula is C17H16F3NO3. The van der Waals surface area contributed by atoms with Crippen molar-refractivity contribution in [1.29, 1.82) is 0 Å². The molecule has 0 fully saturated rings. The van der Waals surface area contributed by atoms with E-state index in [9.17, 15) is 18.0 Å². The van der Waals surface area contributed by atoms with Crippen molar-refractivity contribution >= 4 is 5.91 Å². The van der Waals surface area contributed by atoms with E-state index in [-0.39, 0.29) is 17.1 Å². The van der Waals surface area contributed by atoms with Crippen molar-refractivity contribution in [3.63, 3.8) is 0 Å². The van der Waals surface area contributed by atoms with Crippen molar-refractivity contribution in [1.82, 2.24) is 5.32 Å². The van der Waals surface area contributed by atoms with Gasteiger partial charge in [0.05, 0.1) is 13.2 Å². The van der Waals surface area contributed by atoms with E-state index in [1.165, 1.54) is 31.4 Å². The van der Waals surface area contributed by atoms with Crippen LogP contribution < -0.4 is 14.8 Å². The fraction of sp³-hybridized carbons (Fsp3) is 0.235. The Morgan fingerprint density at radius 1 is 1.12 bits per heavy atom. The summed E-state index contributed by atoms with van der Waals surface area (Å²) < 4.78 is 47.6. The topological polar surface area (TPSA) is 47.6 Å². The molecule has 1 atom stereocenters. The summed E-state index contributed by atoms with van der Waals surface area (Å²) in [5.41, 5.74) is 0.520. The number of carbonyl (C=O) groups is 1. The van der Waals surface area contributed by atoms with Crippen LogP contribution in [0.4, 0.5) is 13.2 Å². The zero-order valence-electron chi connectivity index (χ0n) is 13.1. The number of benzene rings is 2. The van der Waals surface area contributed by atoms with Crippen molar-refractivity contribution in [3.05, 3.63) is 59.4 Å². The largest absolute Gasteiger partial charge is 0.493 e. The number of alkyl halides is 2. The highest BCUT2D eigenvalue weighted by Crippen LogP contribution is 2.29. The maximum atomic E-state index is 13.7. The molecule has 0 saturated heterocycles. The number of hydrogen-bond acceptors (Lipinski definition) is 3. The molecule has 128 valence electrons. The second kappa shape index (κ2) is 7.72. The van der Waals surface area contributed by atoms with E-state index in [1.807, 2.05) is 0 Å². The molecule has 1 unspecified atom stereocenters. The molecule has 2 aromatic rings. The zero-order valence-corrected chi connectivity index (χ0v) is 13.1. The Morgan fingerprint density at radius 3 is 2.46 bits per heavy atom. The van der Waals surface area contributed by atoms with Gasteiger partial charge in [-0.25, -0.2) is 4.39 Å². The number of nitrogens with one attached hydrogen (secondary N) is 1. The summed E-state index contributed by atoms with van der Waals surface area (Å²) in [5.74, 6) is -1.09. The zero-order chi connectivity index (χ0) is 17.7. The predicted octanol–water partition coefficient (Wildman–Crippen LogP) is 3.93. The molecule has 4 nitrogen and oxygen atoms in total. The Balaban J connectivity index is 2.16.